The summed E-state index contributed by atoms with van der Waals surface area (Å²) in [7, 11) is -4.83. The summed E-state index contributed by atoms with van der Waals surface area (Å²) in [4.78, 5) is 9.55. The lowest BCUT2D eigenvalue weighted by atomic mass is 10.4. The Morgan fingerprint density at radius 3 is 2.15 bits per heavy atom. The molecule has 5 nitrogen and oxygen atoms in total. The largest absolute Gasteiger partial charge is 0.454 e. The van der Waals surface area contributed by atoms with Crippen LogP contribution in [0.15, 0.2) is 0 Å². The van der Waals surface area contributed by atoms with Gasteiger partial charge in [-0.3, -0.25) is 9.35 Å². The molecule has 0 aromatic heterocycles. The van der Waals surface area contributed by atoms with Crippen LogP contribution in [0.1, 0.15) is 0 Å². The van der Waals surface area contributed by atoms with Gasteiger partial charge in [0, 0.05) is 0 Å². The van der Waals surface area contributed by atoms with Crippen LogP contribution in [0.5, 0.6) is 0 Å². The zero-order valence-electron chi connectivity index (χ0n) is 5.98. The van der Waals surface area contributed by atoms with E-state index in [1.165, 1.54) is 0 Å². The second kappa shape index (κ2) is 3.92. The Morgan fingerprint density at radius 1 is 1.46 bits per heavy atom. The molecule has 0 aliphatic heterocycles. The van der Waals surface area contributed by atoms with Crippen LogP contribution >= 0.6 is 0 Å². The maximum Gasteiger partial charge on any atom is 0.426 e. The van der Waals surface area contributed by atoms with Gasteiger partial charge in [0.15, 0.2) is 0 Å². The van der Waals surface area contributed by atoms with Crippen molar-refractivity contribution in [2.24, 2.45) is 0 Å². The summed E-state index contributed by atoms with van der Waals surface area (Å²) in [5.74, 6) is -1.70. The van der Waals surface area contributed by atoms with Crippen LogP contribution in [0, 0.1) is 0 Å². The Morgan fingerprint density at radius 2 is 1.92 bits per heavy atom. The number of halogens is 3. The third kappa shape index (κ3) is 5.42. The minimum absolute atomic E-state index is 0.538. The number of alkyl halides is 3. The van der Waals surface area contributed by atoms with Crippen LogP contribution < -0.4 is 0 Å². The van der Waals surface area contributed by atoms with Crippen molar-refractivity contribution in [2.75, 3.05) is 5.75 Å². The number of carbonyl (C=O) groups excluding carboxylic acids is 1. The molecule has 1 N–H and O–H groups in total. The van der Waals surface area contributed by atoms with Crippen molar-refractivity contribution in [3.05, 3.63) is 0 Å². The molecule has 0 saturated carbocycles. The fourth-order valence-electron chi connectivity index (χ4n) is 0.469. The zero-order chi connectivity index (χ0) is 10.7. The van der Waals surface area contributed by atoms with Gasteiger partial charge in [0.1, 0.15) is 5.75 Å². The summed E-state index contributed by atoms with van der Waals surface area (Å²) in [5.41, 5.74) is 0. The maximum atomic E-state index is 11.8. The molecule has 1 unspecified atom stereocenters. The topological polar surface area (TPSA) is 80.7 Å². The first-order chi connectivity index (χ1) is 5.67. The van der Waals surface area contributed by atoms with E-state index in [-0.39, 0.29) is 0 Å². The van der Waals surface area contributed by atoms with Gasteiger partial charge >= 0.3 is 6.18 Å². The normalized spacial score (nSPS) is 15.1. The Balaban J connectivity index is 4.54. The molecular formula is C4H5F3O5S. The van der Waals surface area contributed by atoms with Gasteiger partial charge in [-0.15, -0.1) is 0 Å². The first kappa shape index (κ1) is 12.2. The standard InChI is InChI=1S/C4H5F3O5S/c5-4(6,7)3(12-2-8)1-13(9,10)11/h2-3H,1H2,(H,9,10,11). The molecule has 1 atom stereocenters. The molecule has 0 aliphatic rings. The SMILES string of the molecule is O=COC(CS(=O)(=O)O)C(F)(F)F. The van der Waals surface area contributed by atoms with Crippen LogP contribution in [0.25, 0.3) is 0 Å². The predicted octanol–water partition coefficient (Wildman–Crippen LogP) is -0.0219. The fraction of sp³-hybridized carbons (Fsp3) is 0.750. The zero-order valence-corrected chi connectivity index (χ0v) is 6.80. The molecule has 13 heavy (non-hydrogen) atoms. The van der Waals surface area contributed by atoms with Crippen molar-refractivity contribution >= 4 is 16.6 Å². The van der Waals surface area contributed by atoms with Crippen molar-refractivity contribution in [3.8, 4) is 0 Å². The summed E-state index contributed by atoms with van der Waals surface area (Å²) in [6.07, 6.45) is -7.85. The molecule has 0 radical (unpaired) electrons. The van der Waals surface area contributed by atoms with E-state index >= 15 is 0 Å². The first-order valence-electron chi connectivity index (χ1n) is 2.78. The summed E-state index contributed by atoms with van der Waals surface area (Å²) < 4.78 is 66.9. The van der Waals surface area contributed by atoms with Crippen LogP contribution in [0.2, 0.25) is 0 Å². The molecule has 0 rings (SSSR count). The van der Waals surface area contributed by atoms with Gasteiger partial charge in [-0.2, -0.15) is 21.6 Å². The molecule has 0 amide bonds. The molecule has 0 aromatic carbocycles. The fourth-order valence-corrected chi connectivity index (χ4v) is 1.12. The van der Waals surface area contributed by atoms with Crippen molar-refractivity contribution in [1.82, 2.24) is 0 Å². The number of carbonyl (C=O) groups is 1. The Kier molecular flexibility index (Phi) is 3.67. The highest BCUT2D eigenvalue weighted by Gasteiger charge is 2.44. The summed E-state index contributed by atoms with van der Waals surface area (Å²) >= 11 is 0. The first-order valence-corrected chi connectivity index (χ1v) is 4.38. The smallest absolute Gasteiger partial charge is 0.426 e. The molecule has 0 bridgehead atoms. The van der Waals surface area contributed by atoms with Gasteiger partial charge in [0.05, 0.1) is 0 Å². The van der Waals surface area contributed by atoms with Gasteiger partial charge in [-0.05, 0) is 0 Å². The van der Waals surface area contributed by atoms with Crippen molar-refractivity contribution in [3.63, 3.8) is 0 Å². The second-order valence-electron chi connectivity index (χ2n) is 2.01. The van der Waals surface area contributed by atoms with E-state index in [0.717, 1.165) is 0 Å². The lowest BCUT2D eigenvalue weighted by Gasteiger charge is -2.16. The number of ether oxygens (including phenoxy) is 1. The van der Waals surface area contributed by atoms with E-state index in [2.05, 4.69) is 4.74 Å². The maximum absolute atomic E-state index is 11.8. The Bertz CT molecular complexity index is 268. The summed E-state index contributed by atoms with van der Waals surface area (Å²) in [5, 5.41) is 0. The molecule has 0 aliphatic carbocycles. The Hall–Kier alpha value is -0.830. The van der Waals surface area contributed by atoms with Gasteiger partial charge in [0.25, 0.3) is 16.6 Å². The number of hydrogen-bond acceptors (Lipinski definition) is 4. The molecular weight excluding hydrogens is 217 g/mol. The monoisotopic (exact) mass is 222 g/mol. The average Bonchev–Trinajstić information content (AvgIpc) is 1.81. The van der Waals surface area contributed by atoms with Gasteiger partial charge in [-0.1, -0.05) is 0 Å². The van der Waals surface area contributed by atoms with Crippen molar-refractivity contribution in [1.29, 1.82) is 0 Å². The van der Waals surface area contributed by atoms with Crippen molar-refractivity contribution in [2.45, 2.75) is 12.3 Å². The molecule has 0 saturated heterocycles. The van der Waals surface area contributed by atoms with Crippen LogP contribution in [0.4, 0.5) is 13.2 Å². The van der Waals surface area contributed by atoms with E-state index in [4.69, 9.17) is 4.55 Å². The lowest BCUT2D eigenvalue weighted by molar-refractivity contribution is -0.208. The highest BCUT2D eigenvalue weighted by molar-refractivity contribution is 7.85. The van der Waals surface area contributed by atoms with Crippen molar-refractivity contribution < 1.29 is 35.7 Å². The molecule has 9 heteroatoms. The summed E-state index contributed by atoms with van der Waals surface area (Å²) in [6.45, 7) is -0.538. The minimum Gasteiger partial charge on any atom is -0.454 e. The molecule has 0 heterocycles. The van der Waals surface area contributed by atoms with E-state index < -0.39 is 34.6 Å². The van der Waals surface area contributed by atoms with Gasteiger partial charge < -0.3 is 4.74 Å². The van der Waals surface area contributed by atoms with Gasteiger partial charge in [-0.25, -0.2) is 0 Å². The lowest BCUT2D eigenvalue weighted by Crippen LogP contribution is -2.37. The number of hydrogen-bond donors (Lipinski definition) is 1. The molecule has 0 aromatic rings. The predicted molar refractivity (Wildman–Crippen MR) is 33.4 cm³/mol. The van der Waals surface area contributed by atoms with Gasteiger partial charge in [0.2, 0.25) is 6.10 Å². The van der Waals surface area contributed by atoms with E-state index in [0.29, 0.717) is 0 Å². The van der Waals surface area contributed by atoms with E-state index in [1.807, 2.05) is 0 Å². The quantitative estimate of drug-likeness (QED) is 0.534. The highest BCUT2D eigenvalue weighted by atomic mass is 32.2. The van der Waals surface area contributed by atoms with Crippen LogP contribution in [-0.4, -0.2) is 37.5 Å². The third-order valence-electron chi connectivity index (χ3n) is 0.947. The third-order valence-corrected chi connectivity index (χ3v) is 1.67. The average molecular weight is 222 g/mol. The van der Waals surface area contributed by atoms with E-state index in [9.17, 15) is 26.4 Å². The van der Waals surface area contributed by atoms with Crippen LogP contribution in [0.3, 0.4) is 0 Å². The highest BCUT2D eigenvalue weighted by Crippen LogP contribution is 2.23. The minimum atomic E-state index is -5.02. The molecule has 0 spiro atoms. The summed E-state index contributed by atoms with van der Waals surface area (Å²) in [6, 6.07) is 0. The van der Waals surface area contributed by atoms with Crippen LogP contribution in [-0.2, 0) is 19.6 Å². The Labute approximate surface area is 71.2 Å². The molecule has 78 valence electrons. The molecule has 0 fully saturated rings. The second-order valence-corrected chi connectivity index (χ2v) is 3.51. The van der Waals surface area contributed by atoms with E-state index in [1.54, 1.807) is 0 Å². The number of rotatable bonds is 4.